The molecule has 0 rings (SSSR count). The third kappa shape index (κ3) is 3.14. The maximum absolute atomic E-state index is 5.69. The van der Waals surface area contributed by atoms with Crippen molar-refractivity contribution < 1.29 is 4.74 Å². The van der Waals surface area contributed by atoms with E-state index in [0.717, 1.165) is 0 Å². The fourth-order valence-electron chi connectivity index (χ4n) is 0.320. The zero-order valence-electron chi connectivity index (χ0n) is 6.35. The average molecular weight is 129 g/mol. The summed E-state index contributed by atoms with van der Waals surface area (Å²) in [6.07, 6.45) is 1.44. The molecule has 2 nitrogen and oxygen atoms in total. The molecule has 0 bridgehead atoms. The van der Waals surface area contributed by atoms with Gasteiger partial charge in [-0.2, -0.15) is 0 Å². The van der Waals surface area contributed by atoms with Gasteiger partial charge in [0.15, 0.2) is 0 Å². The number of rotatable bonds is 3. The van der Waals surface area contributed by atoms with Crippen molar-refractivity contribution in [2.24, 2.45) is 5.73 Å². The summed E-state index contributed by atoms with van der Waals surface area (Å²) in [6.45, 7) is 9.19. The third-order valence-electron chi connectivity index (χ3n) is 1.35. The lowest BCUT2D eigenvalue weighted by molar-refractivity contribution is 0.0994. The predicted octanol–water partition coefficient (Wildman–Crippen LogP) is 1.27. The highest BCUT2D eigenvalue weighted by atomic mass is 16.5. The monoisotopic (exact) mass is 129 g/mol. The molecule has 0 aliphatic carbocycles. The lowest BCUT2D eigenvalue weighted by Crippen LogP contribution is -2.44. The summed E-state index contributed by atoms with van der Waals surface area (Å²) >= 11 is 0. The Balaban J connectivity index is 3.72. The number of hydrogen-bond acceptors (Lipinski definition) is 2. The molecule has 0 saturated carbocycles. The van der Waals surface area contributed by atoms with Crippen LogP contribution < -0.4 is 5.73 Å². The minimum absolute atomic E-state index is 0.0231. The first kappa shape index (κ1) is 8.50. The van der Waals surface area contributed by atoms with Gasteiger partial charge < -0.3 is 10.5 Å². The molecule has 0 aliphatic heterocycles. The second-order valence-electron chi connectivity index (χ2n) is 2.77. The zero-order chi connectivity index (χ0) is 7.49. The summed E-state index contributed by atoms with van der Waals surface area (Å²) in [5, 5.41) is 0. The molecule has 1 unspecified atom stereocenters. The molecular formula is C7H15NO. The van der Waals surface area contributed by atoms with Crippen molar-refractivity contribution in [1.82, 2.24) is 0 Å². The molecule has 2 heteroatoms. The lowest BCUT2D eigenvalue weighted by Gasteiger charge is -2.25. The maximum Gasteiger partial charge on any atom is 0.112 e. The van der Waals surface area contributed by atoms with Crippen LogP contribution in [0, 0.1) is 0 Å². The fourth-order valence-corrected chi connectivity index (χ4v) is 0.320. The first-order valence-electron chi connectivity index (χ1n) is 3.03. The van der Waals surface area contributed by atoms with Crippen LogP contribution in [-0.2, 0) is 4.74 Å². The van der Waals surface area contributed by atoms with E-state index in [4.69, 9.17) is 10.5 Å². The van der Waals surface area contributed by atoms with Gasteiger partial charge in [-0.05, 0) is 20.8 Å². The molecule has 2 N–H and O–H groups in total. The van der Waals surface area contributed by atoms with Crippen molar-refractivity contribution in [2.45, 2.75) is 32.4 Å². The van der Waals surface area contributed by atoms with Crippen molar-refractivity contribution in [3.63, 3.8) is 0 Å². The molecule has 0 aromatic heterocycles. The normalized spacial score (nSPS) is 14.7. The van der Waals surface area contributed by atoms with Crippen molar-refractivity contribution in [3.05, 3.63) is 12.8 Å². The van der Waals surface area contributed by atoms with E-state index < -0.39 is 0 Å². The Bertz CT molecular complexity index is 93.6. The highest BCUT2D eigenvalue weighted by Crippen LogP contribution is 2.07. The van der Waals surface area contributed by atoms with Crippen LogP contribution in [0.25, 0.3) is 0 Å². The molecule has 9 heavy (non-hydrogen) atoms. The highest BCUT2D eigenvalue weighted by Gasteiger charge is 2.20. The predicted molar refractivity (Wildman–Crippen MR) is 39.0 cm³/mol. The molecule has 0 aliphatic rings. The van der Waals surface area contributed by atoms with Gasteiger partial charge in [-0.15, -0.1) is 0 Å². The van der Waals surface area contributed by atoms with E-state index in [1.807, 2.05) is 20.8 Å². The Labute approximate surface area is 56.7 Å². The van der Waals surface area contributed by atoms with Crippen LogP contribution in [0.15, 0.2) is 12.8 Å². The number of ether oxygens (including phenoxy) is 1. The molecule has 0 heterocycles. The topological polar surface area (TPSA) is 35.2 Å². The van der Waals surface area contributed by atoms with E-state index in [1.165, 1.54) is 6.26 Å². The number of nitrogens with two attached hydrogens (primary N) is 1. The van der Waals surface area contributed by atoms with E-state index in [9.17, 15) is 0 Å². The van der Waals surface area contributed by atoms with Gasteiger partial charge in [0.25, 0.3) is 0 Å². The molecule has 54 valence electrons. The quantitative estimate of drug-likeness (QED) is 0.582. The maximum atomic E-state index is 5.69. The Hall–Kier alpha value is -0.500. The fraction of sp³-hybridized carbons (Fsp3) is 0.714. The standard InChI is InChI=1S/C7H15NO/c1-5-9-6(2)7(3,4)8/h5-6H,1,8H2,2-4H3. The van der Waals surface area contributed by atoms with E-state index >= 15 is 0 Å². The molecular weight excluding hydrogens is 114 g/mol. The van der Waals surface area contributed by atoms with E-state index in [2.05, 4.69) is 6.58 Å². The summed E-state index contributed by atoms with van der Waals surface area (Å²) in [6, 6.07) is 0. The van der Waals surface area contributed by atoms with Crippen molar-refractivity contribution in [3.8, 4) is 0 Å². The van der Waals surface area contributed by atoms with Crippen LogP contribution in [0.3, 0.4) is 0 Å². The van der Waals surface area contributed by atoms with Gasteiger partial charge in [-0.3, -0.25) is 0 Å². The Morgan fingerprint density at radius 1 is 1.67 bits per heavy atom. The van der Waals surface area contributed by atoms with Gasteiger partial charge >= 0.3 is 0 Å². The Kier molecular flexibility index (Phi) is 2.71. The molecule has 0 saturated heterocycles. The van der Waals surface area contributed by atoms with Gasteiger partial charge in [0.1, 0.15) is 6.10 Å². The van der Waals surface area contributed by atoms with E-state index in [-0.39, 0.29) is 11.6 Å². The van der Waals surface area contributed by atoms with Gasteiger partial charge in [0.05, 0.1) is 6.26 Å². The molecule has 0 spiro atoms. The van der Waals surface area contributed by atoms with Crippen molar-refractivity contribution in [2.75, 3.05) is 0 Å². The van der Waals surface area contributed by atoms with Gasteiger partial charge in [-0.25, -0.2) is 0 Å². The largest absolute Gasteiger partial charge is 0.497 e. The molecule has 0 fully saturated rings. The summed E-state index contributed by atoms with van der Waals surface area (Å²) in [7, 11) is 0. The third-order valence-corrected chi connectivity index (χ3v) is 1.35. The molecule has 0 radical (unpaired) electrons. The SMILES string of the molecule is C=COC(C)C(C)(C)N. The Morgan fingerprint density at radius 3 is 2.22 bits per heavy atom. The van der Waals surface area contributed by atoms with Crippen LogP contribution in [0.2, 0.25) is 0 Å². The zero-order valence-corrected chi connectivity index (χ0v) is 6.35. The van der Waals surface area contributed by atoms with Crippen LogP contribution in [0.5, 0.6) is 0 Å². The van der Waals surface area contributed by atoms with Gasteiger partial charge in [0, 0.05) is 5.54 Å². The van der Waals surface area contributed by atoms with Crippen LogP contribution >= 0.6 is 0 Å². The van der Waals surface area contributed by atoms with Gasteiger partial charge in [0.2, 0.25) is 0 Å². The first-order chi connectivity index (χ1) is 3.98. The molecule has 0 aromatic carbocycles. The summed E-state index contributed by atoms with van der Waals surface area (Å²) in [4.78, 5) is 0. The number of hydrogen-bond donors (Lipinski definition) is 1. The smallest absolute Gasteiger partial charge is 0.112 e. The van der Waals surface area contributed by atoms with Gasteiger partial charge in [-0.1, -0.05) is 6.58 Å². The molecule has 0 amide bonds. The summed E-state index contributed by atoms with van der Waals surface area (Å²) in [5.41, 5.74) is 5.41. The highest BCUT2D eigenvalue weighted by molar-refractivity contribution is 4.80. The molecule has 0 aromatic rings. The van der Waals surface area contributed by atoms with Crippen molar-refractivity contribution in [1.29, 1.82) is 0 Å². The Morgan fingerprint density at radius 2 is 2.11 bits per heavy atom. The lowest BCUT2D eigenvalue weighted by atomic mass is 10.0. The van der Waals surface area contributed by atoms with Crippen LogP contribution in [0.4, 0.5) is 0 Å². The minimum atomic E-state index is -0.284. The molecule has 1 atom stereocenters. The summed E-state index contributed by atoms with van der Waals surface area (Å²) < 4.78 is 5.05. The van der Waals surface area contributed by atoms with E-state index in [1.54, 1.807) is 0 Å². The van der Waals surface area contributed by atoms with Crippen LogP contribution in [-0.4, -0.2) is 11.6 Å². The average Bonchev–Trinajstić information content (AvgIpc) is 1.64. The second kappa shape index (κ2) is 2.87. The first-order valence-corrected chi connectivity index (χ1v) is 3.03. The summed E-state index contributed by atoms with van der Waals surface area (Å²) in [5.74, 6) is 0. The van der Waals surface area contributed by atoms with Crippen LogP contribution in [0.1, 0.15) is 20.8 Å². The minimum Gasteiger partial charge on any atom is -0.497 e. The second-order valence-corrected chi connectivity index (χ2v) is 2.77. The van der Waals surface area contributed by atoms with E-state index in [0.29, 0.717) is 0 Å². The van der Waals surface area contributed by atoms with Crippen molar-refractivity contribution >= 4 is 0 Å².